The average Bonchev–Trinajstić information content (AvgIpc) is 2.57. The summed E-state index contributed by atoms with van der Waals surface area (Å²) < 4.78 is 0. The Hall–Kier alpha value is -2.10. The number of allylic oxidation sites excluding steroid dienone is 1. The van der Waals surface area contributed by atoms with E-state index in [1.807, 2.05) is 44.2 Å². The molecule has 23 heavy (non-hydrogen) atoms. The van der Waals surface area contributed by atoms with Crippen molar-refractivity contribution in [3.8, 4) is 0 Å². The van der Waals surface area contributed by atoms with E-state index in [-0.39, 0.29) is 11.8 Å². The van der Waals surface area contributed by atoms with Crippen LogP contribution in [0.15, 0.2) is 42.5 Å². The molecule has 0 fully saturated rings. The zero-order chi connectivity index (χ0) is 17.1. The van der Waals surface area contributed by atoms with Crippen LogP contribution in [0.5, 0.6) is 0 Å². The third kappa shape index (κ3) is 6.27. The number of unbranched alkanes of at least 4 members (excludes halogenated alkanes) is 1. The summed E-state index contributed by atoms with van der Waals surface area (Å²) in [5, 5.41) is 2.95. The summed E-state index contributed by atoms with van der Waals surface area (Å²) in [4.78, 5) is 26.5. The van der Waals surface area contributed by atoms with Gasteiger partial charge in [-0.1, -0.05) is 56.7 Å². The van der Waals surface area contributed by atoms with Crippen molar-refractivity contribution in [3.63, 3.8) is 0 Å². The van der Waals surface area contributed by atoms with Gasteiger partial charge in [0, 0.05) is 13.1 Å². The summed E-state index contributed by atoms with van der Waals surface area (Å²) in [5.74, 6) is -0.187. The van der Waals surface area contributed by atoms with Crippen LogP contribution in [-0.4, -0.2) is 29.3 Å². The molecule has 2 amide bonds. The summed E-state index contributed by atoms with van der Waals surface area (Å²) >= 11 is 0. The summed E-state index contributed by atoms with van der Waals surface area (Å²) in [7, 11) is 0. The van der Waals surface area contributed by atoms with Gasteiger partial charge in [0.15, 0.2) is 0 Å². The third-order valence-electron chi connectivity index (χ3n) is 3.72. The third-order valence-corrected chi connectivity index (χ3v) is 3.72. The van der Waals surface area contributed by atoms with Gasteiger partial charge in [0.2, 0.25) is 11.8 Å². The molecule has 4 nitrogen and oxygen atoms in total. The molecule has 0 spiro atoms. The van der Waals surface area contributed by atoms with E-state index >= 15 is 0 Å². The molecule has 0 bridgehead atoms. The van der Waals surface area contributed by atoms with E-state index in [9.17, 15) is 9.59 Å². The van der Waals surface area contributed by atoms with E-state index < -0.39 is 6.04 Å². The summed E-state index contributed by atoms with van der Waals surface area (Å²) in [5.41, 5.74) is 1.05. The van der Waals surface area contributed by atoms with Crippen molar-refractivity contribution in [1.82, 2.24) is 10.2 Å². The fourth-order valence-corrected chi connectivity index (χ4v) is 2.44. The Labute approximate surface area is 139 Å². The molecule has 1 aromatic rings. The Morgan fingerprint density at radius 1 is 1.22 bits per heavy atom. The van der Waals surface area contributed by atoms with E-state index in [1.165, 1.54) is 6.08 Å². The molecule has 0 aliphatic heterocycles. The molecule has 0 aliphatic rings. The molecule has 1 rings (SSSR count). The molecule has 1 N–H and O–H groups in total. The minimum absolute atomic E-state index is 0.0923. The van der Waals surface area contributed by atoms with Gasteiger partial charge < -0.3 is 10.2 Å². The Kier molecular flexibility index (Phi) is 8.73. The zero-order valence-electron chi connectivity index (χ0n) is 14.4. The van der Waals surface area contributed by atoms with Gasteiger partial charge in [0.05, 0.1) is 0 Å². The Balaban J connectivity index is 2.75. The standard InChI is InChI=1S/C19H28N2O2/c1-4-7-14-21(18(22)11-5-2)17(6-3)19(23)20-15-16-12-9-8-10-13-16/h5,8-13,17H,4,6-7,14-15H2,1-3H3,(H,20,23). The summed E-state index contributed by atoms with van der Waals surface area (Å²) in [6.07, 6.45) is 5.74. The largest absolute Gasteiger partial charge is 0.350 e. The predicted octanol–water partition coefficient (Wildman–Crippen LogP) is 3.29. The number of hydrogen-bond donors (Lipinski definition) is 1. The van der Waals surface area contributed by atoms with Crippen LogP contribution in [0.4, 0.5) is 0 Å². The number of benzene rings is 1. The van der Waals surface area contributed by atoms with E-state index in [0.717, 1.165) is 18.4 Å². The quantitative estimate of drug-likeness (QED) is 0.711. The lowest BCUT2D eigenvalue weighted by atomic mass is 10.1. The Morgan fingerprint density at radius 3 is 2.48 bits per heavy atom. The molecule has 126 valence electrons. The second-order valence-electron chi connectivity index (χ2n) is 5.51. The fraction of sp³-hybridized carbons (Fsp3) is 0.474. The highest BCUT2D eigenvalue weighted by molar-refractivity contribution is 5.92. The number of nitrogens with one attached hydrogen (secondary N) is 1. The first-order valence-electron chi connectivity index (χ1n) is 8.38. The van der Waals surface area contributed by atoms with Gasteiger partial charge in [-0.3, -0.25) is 9.59 Å². The molecule has 1 aromatic carbocycles. The predicted molar refractivity (Wildman–Crippen MR) is 93.8 cm³/mol. The van der Waals surface area contributed by atoms with Crippen LogP contribution in [0.1, 0.15) is 45.6 Å². The molecular formula is C19H28N2O2. The highest BCUT2D eigenvalue weighted by atomic mass is 16.2. The maximum Gasteiger partial charge on any atom is 0.246 e. The number of rotatable bonds is 9. The first-order chi connectivity index (χ1) is 11.1. The van der Waals surface area contributed by atoms with Gasteiger partial charge in [0.1, 0.15) is 6.04 Å². The van der Waals surface area contributed by atoms with Crippen molar-refractivity contribution in [2.45, 2.75) is 52.6 Å². The highest BCUT2D eigenvalue weighted by Crippen LogP contribution is 2.09. The van der Waals surface area contributed by atoms with Crippen LogP contribution >= 0.6 is 0 Å². The van der Waals surface area contributed by atoms with Crippen LogP contribution in [0, 0.1) is 0 Å². The van der Waals surface area contributed by atoms with E-state index in [4.69, 9.17) is 0 Å². The lowest BCUT2D eigenvalue weighted by Crippen LogP contribution is -2.49. The zero-order valence-corrected chi connectivity index (χ0v) is 14.4. The maximum absolute atomic E-state index is 12.5. The Morgan fingerprint density at radius 2 is 1.91 bits per heavy atom. The molecule has 1 unspecified atom stereocenters. The van der Waals surface area contributed by atoms with Gasteiger partial charge >= 0.3 is 0 Å². The lowest BCUT2D eigenvalue weighted by Gasteiger charge is -2.29. The number of amides is 2. The first kappa shape index (κ1) is 18.9. The van der Waals surface area contributed by atoms with Gasteiger partial charge in [0.25, 0.3) is 0 Å². The summed E-state index contributed by atoms with van der Waals surface area (Å²) in [6, 6.07) is 9.36. The van der Waals surface area contributed by atoms with Crippen molar-refractivity contribution in [1.29, 1.82) is 0 Å². The topological polar surface area (TPSA) is 49.4 Å². The second-order valence-corrected chi connectivity index (χ2v) is 5.51. The van der Waals surface area contributed by atoms with Gasteiger partial charge in [-0.2, -0.15) is 0 Å². The fourth-order valence-electron chi connectivity index (χ4n) is 2.44. The molecule has 0 radical (unpaired) electrons. The number of carbonyl (C=O) groups is 2. The van der Waals surface area contributed by atoms with Crippen LogP contribution < -0.4 is 5.32 Å². The van der Waals surface area contributed by atoms with Gasteiger partial charge in [-0.05, 0) is 31.4 Å². The molecule has 0 saturated heterocycles. The van der Waals surface area contributed by atoms with Crippen molar-refractivity contribution in [2.75, 3.05) is 6.54 Å². The molecule has 0 aromatic heterocycles. The second kappa shape index (κ2) is 10.6. The van der Waals surface area contributed by atoms with Gasteiger partial charge in [-0.25, -0.2) is 0 Å². The van der Waals surface area contributed by atoms with Crippen LogP contribution in [0.2, 0.25) is 0 Å². The lowest BCUT2D eigenvalue weighted by molar-refractivity contribution is -0.137. The minimum Gasteiger partial charge on any atom is -0.350 e. The molecule has 4 heteroatoms. The van der Waals surface area contributed by atoms with Crippen molar-refractivity contribution in [3.05, 3.63) is 48.0 Å². The van der Waals surface area contributed by atoms with Crippen molar-refractivity contribution in [2.24, 2.45) is 0 Å². The van der Waals surface area contributed by atoms with Crippen LogP contribution in [0.25, 0.3) is 0 Å². The van der Waals surface area contributed by atoms with Crippen molar-refractivity contribution >= 4 is 11.8 Å². The number of carbonyl (C=O) groups excluding carboxylic acids is 2. The van der Waals surface area contributed by atoms with E-state index in [0.29, 0.717) is 19.5 Å². The van der Waals surface area contributed by atoms with Crippen LogP contribution in [-0.2, 0) is 16.1 Å². The molecule has 0 aliphatic carbocycles. The van der Waals surface area contributed by atoms with E-state index in [2.05, 4.69) is 12.2 Å². The van der Waals surface area contributed by atoms with E-state index in [1.54, 1.807) is 11.0 Å². The smallest absolute Gasteiger partial charge is 0.246 e. The Bertz CT molecular complexity index is 511. The first-order valence-corrected chi connectivity index (χ1v) is 8.38. The van der Waals surface area contributed by atoms with Gasteiger partial charge in [-0.15, -0.1) is 0 Å². The normalized spacial score (nSPS) is 12.1. The average molecular weight is 316 g/mol. The molecular weight excluding hydrogens is 288 g/mol. The highest BCUT2D eigenvalue weighted by Gasteiger charge is 2.26. The minimum atomic E-state index is -0.422. The molecule has 0 saturated carbocycles. The monoisotopic (exact) mass is 316 g/mol. The number of nitrogens with zero attached hydrogens (tertiary/aromatic N) is 1. The summed E-state index contributed by atoms with van der Waals surface area (Å²) in [6.45, 7) is 6.92. The van der Waals surface area contributed by atoms with Crippen LogP contribution in [0.3, 0.4) is 0 Å². The molecule has 1 atom stereocenters. The maximum atomic E-state index is 12.5. The number of hydrogen-bond acceptors (Lipinski definition) is 2. The van der Waals surface area contributed by atoms with Crippen molar-refractivity contribution < 1.29 is 9.59 Å². The molecule has 0 heterocycles. The SMILES string of the molecule is CC=CC(=O)N(CCCC)C(CC)C(=O)NCc1ccccc1.